The molecule has 4 unspecified atom stereocenters. The fourth-order valence-corrected chi connectivity index (χ4v) is 8.58. The van der Waals surface area contributed by atoms with Crippen molar-refractivity contribution in [2.75, 3.05) is 14.1 Å². The quantitative estimate of drug-likeness (QED) is 0.438. The van der Waals surface area contributed by atoms with E-state index in [0.717, 1.165) is 24.8 Å². The Morgan fingerprint density at radius 2 is 1.94 bits per heavy atom. The van der Waals surface area contributed by atoms with Gasteiger partial charge in [0.25, 0.3) is 5.24 Å². The normalized spacial score (nSPS) is 43.6. The minimum absolute atomic E-state index is 0.0275. The number of ketones is 1. The van der Waals surface area contributed by atoms with E-state index in [-0.39, 0.29) is 51.5 Å². The van der Waals surface area contributed by atoms with Gasteiger partial charge >= 0.3 is 5.97 Å². The average Bonchev–Trinajstić information content (AvgIpc) is 3.43. The largest absolute Gasteiger partial charge is 0.449 e. The van der Waals surface area contributed by atoms with Crippen molar-refractivity contribution < 1.29 is 28.7 Å². The van der Waals surface area contributed by atoms with Crippen LogP contribution in [0.4, 0.5) is 4.79 Å². The highest BCUT2D eigenvalue weighted by Gasteiger charge is 2.82. The molecule has 34 heavy (non-hydrogen) atoms. The molecule has 3 saturated carbocycles. The van der Waals surface area contributed by atoms with Crippen LogP contribution in [0.2, 0.25) is 0 Å². The second kappa shape index (κ2) is 7.53. The predicted molar refractivity (Wildman–Crippen MR) is 127 cm³/mol. The number of carbonyl (C=O) groups is 4. The van der Waals surface area contributed by atoms with Crippen molar-refractivity contribution in [1.82, 2.24) is 4.90 Å². The highest BCUT2D eigenvalue weighted by molar-refractivity contribution is 8.26. The summed E-state index contributed by atoms with van der Waals surface area (Å²) in [6, 6.07) is 0. The van der Waals surface area contributed by atoms with E-state index in [1.54, 1.807) is 33.2 Å². The molecule has 1 saturated heterocycles. The molecule has 0 N–H and O–H groups in total. The summed E-state index contributed by atoms with van der Waals surface area (Å²) in [6.07, 6.45) is 8.93. The number of allylic oxidation sites excluding steroid dienone is 2. The first-order chi connectivity index (χ1) is 15.9. The van der Waals surface area contributed by atoms with Crippen molar-refractivity contribution >= 4 is 33.9 Å². The molecule has 8 heteroatoms. The molecule has 0 aromatic heterocycles. The van der Waals surface area contributed by atoms with Gasteiger partial charge < -0.3 is 14.4 Å². The van der Waals surface area contributed by atoms with E-state index in [9.17, 15) is 19.2 Å². The van der Waals surface area contributed by atoms with Crippen LogP contribution in [0.1, 0.15) is 59.3 Å². The van der Waals surface area contributed by atoms with Gasteiger partial charge in [0, 0.05) is 43.1 Å². The Morgan fingerprint density at radius 3 is 2.62 bits per heavy atom. The molecule has 1 aliphatic heterocycles. The lowest BCUT2D eigenvalue weighted by Crippen LogP contribution is -2.62. The SMILES string of the molecule is CCC(=O)O[C@]1(C(=O)SC(=O)N(C)C)CCC2C3CCC4=CC(=O)C=CC4(C)[C@@]34O[C@H]4CC21C. The molecule has 4 fully saturated rings. The average molecular weight is 488 g/mol. The molecule has 4 aliphatic carbocycles. The predicted octanol–water partition coefficient (Wildman–Crippen LogP) is 4.06. The van der Waals surface area contributed by atoms with E-state index >= 15 is 0 Å². The summed E-state index contributed by atoms with van der Waals surface area (Å²) in [5.41, 5.74) is -1.59. The van der Waals surface area contributed by atoms with Crippen LogP contribution in [0.25, 0.3) is 0 Å². The molecule has 5 rings (SSSR count). The topological polar surface area (TPSA) is 93.3 Å². The van der Waals surface area contributed by atoms with Gasteiger partial charge in [-0.2, -0.15) is 0 Å². The smallest absolute Gasteiger partial charge is 0.306 e. The highest BCUT2D eigenvalue weighted by Crippen LogP contribution is 2.76. The first kappa shape index (κ1) is 23.8. The number of esters is 1. The minimum atomic E-state index is -1.35. The summed E-state index contributed by atoms with van der Waals surface area (Å²) < 4.78 is 12.6. The Hall–Kier alpha value is -1.93. The number of carbonyl (C=O) groups excluding carboxylic acids is 4. The third-order valence-corrected chi connectivity index (χ3v) is 10.6. The second-order valence-electron chi connectivity index (χ2n) is 11.1. The minimum Gasteiger partial charge on any atom is -0.449 e. The van der Waals surface area contributed by atoms with Gasteiger partial charge in [0.05, 0.1) is 6.10 Å². The molecule has 0 radical (unpaired) electrons. The molecule has 0 aromatic carbocycles. The van der Waals surface area contributed by atoms with Crippen molar-refractivity contribution in [2.24, 2.45) is 22.7 Å². The van der Waals surface area contributed by atoms with Crippen LogP contribution >= 0.6 is 11.8 Å². The van der Waals surface area contributed by atoms with Gasteiger partial charge in [-0.15, -0.1) is 0 Å². The molecule has 0 bridgehead atoms. The second-order valence-corrected chi connectivity index (χ2v) is 12.0. The summed E-state index contributed by atoms with van der Waals surface area (Å²) in [5.74, 6) is -0.101. The van der Waals surface area contributed by atoms with Gasteiger partial charge in [-0.1, -0.05) is 25.5 Å². The van der Waals surface area contributed by atoms with E-state index in [2.05, 4.69) is 13.8 Å². The van der Waals surface area contributed by atoms with Crippen LogP contribution in [0, 0.1) is 22.7 Å². The van der Waals surface area contributed by atoms with Gasteiger partial charge in [-0.25, -0.2) is 0 Å². The third kappa shape index (κ3) is 2.87. The summed E-state index contributed by atoms with van der Waals surface area (Å²) >= 11 is 0.643. The Kier molecular flexibility index (Phi) is 5.27. The lowest BCUT2D eigenvalue weighted by Gasteiger charge is -2.55. The Bertz CT molecular complexity index is 1050. The number of epoxide rings is 1. The molecular weight excluding hydrogens is 454 g/mol. The number of hydrogen-bond acceptors (Lipinski definition) is 7. The summed E-state index contributed by atoms with van der Waals surface area (Å²) in [5, 5.41) is -0.745. The third-order valence-electron chi connectivity index (χ3n) is 9.51. The fraction of sp³-hybridized carbons (Fsp3) is 0.692. The van der Waals surface area contributed by atoms with Crippen LogP contribution in [0.3, 0.4) is 0 Å². The summed E-state index contributed by atoms with van der Waals surface area (Å²) in [6.45, 7) is 5.95. The first-order valence-electron chi connectivity index (χ1n) is 12.2. The maximum atomic E-state index is 13.7. The number of rotatable bonds is 3. The number of amides is 1. The molecule has 1 heterocycles. The zero-order chi connectivity index (χ0) is 24.7. The molecule has 7 nitrogen and oxygen atoms in total. The fourth-order valence-electron chi connectivity index (χ4n) is 7.70. The molecule has 1 amide bonds. The molecule has 1 spiro atoms. The number of thioether (sulfide) groups is 1. The van der Waals surface area contributed by atoms with Gasteiger partial charge in [0.1, 0.15) is 5.60 Å². The van der Waals surface area contributed by atoms with Crippen LogP contribution in [0.5, 0.6) is 0 Å². The van der Waals surface area contributed by atoms with Crippen LogP contribution in [-0.4, -0.2) is 58.4 Å². The standard InChI is InChI=1S/C26H33NO6S/c1-6-20(29)33-25(21(30)34-22(31)27(4)5)12-10-17-18-8-7-15-13-16(28)9-11-23(15,2)26(18)19(32-26)14-24(17,25)3/h9,11,13,17-19H,6-8,10,12,14H2,1-5H3/t17?,18?,19-,23?,24?,25-,26+/m0/s1. The van der Waals surface area contributed by atoms with Crippen molar-refractivity contribution in [1.29, 1.82) is 0 Å². The molecule has 184 valence electrons. The van der Waals surface area contributed by atoms with E-state index in [1.807, 2.05) is 6.08 Å². The number of ether oxygens (including phenoxy) is 2. The number of fused-ring (bicyclic) bond motifs is 3. The molecule has 5 aliphatic rings. The Balaban J connectivity index is 1.54. The molecule has 0 aromatic rings. The van der Waals surface area contributed by atoms with Gasteiger partial charge in [-0.05, 0) is 63.0 Å². The van der Waals surface area contributed by atoms with E-state index < -0.39 is 17.0 Å². The number of hydrogen-bond donors (Lipinski definition) is 0. The zero-order valence-electron chi connectivity index (χ0n) is 20.5. The Morgan fingerprint density at radius 1 is 1.21 bits per heavy atom. The van der Waals surface area contributed by atoms with Crippen molar-refractivity contribution in [3.05, 3.63) is 23.8 Å². The number of nitrogens with zero attached hydrogens (tertiary/aromatic N) is 1. The summed E-state index contributed by atoms with van der Waals surface area (Å²) in [7, 11) is 3.21. The van der Waals surface area contributed by atoms with Gasteiger partial charge in [0.2, 0.25) is 5.12 Å². The van der Waals surface area contributed by atoms with Crippen LogP contribution in [-0.2, 0) is 23.9 Å². The zero-order valence-corrected chi connectivity index (χ0v) is 21.3. The van der Waals surface area contributed by atoms with Crippen LogP contribution < -0.4 is 0 Å². The van der Waals surface area contributed by atoms with E-state index in [0.29, 0.717) is 24.6 Å². The van der Waals surface area contributed by atoms with Crippen LogP contribution in [0.15, 0.2) is 23.8 Å². The summed E-state index contributed by atoms with van der Waals surface area (Å²) in [4.78, 5) is 52.2. The van der Waals surface area contributed by atoms with Gasteiger partial charge in [-0.3, -0.25) is 19.2 Å². The lowest BCUT2D eigenvalue weighted by molar-refractivity contribution is -0.181. The van der Waals surface area contributed by atoms with Crippen molar-refractivity contribution in [3.63, 3.8) is 0 Å². The monoisotopic (exact) mass is 487 g/mol. The highest BCUT2D eigenvalue weighted by atomic mass is 32.2. The molecule has 7 atom stereocenters. The van der Waals surface area contributed by atoms with Crippen molar-refractivity contribution in [3.8, 4) is 0 Å². The van der Waals surface area contributed by atoms with E-state index in [4.69, 9.17) is 9.47 Å². The van der Waals surface area contributed by atoms with Crippen molar-refractivity contribution in [2.45, 2.75) is 76.6 Å². The molecular formula is C26H33NO6S. The Labute approximate surface area is 204 Å². The maximum Gasteiger partial charge on any atom is 0.306 e. The first-order valence-corrected chi connectivity index (χ1v) is 13.0. The van der Waals surface area contributed by atoms with Gasteiger partial charge in [0.15, 0.2) is 11.4 Å². The van der Waals surface area contributed by atoms with E-state index in [1.165, 1.54) is 4.90 Å². The lowest BCUT2D eigenvalue weighted by atomic mass is 9.47. The maximum absolute atomic E-state index is 13.7.